The number of anilines is 2. The molecule has 2 aromatic heterocycles. The molecule has 44 heavy (non-hydrogen) atoms. The molecule has 2 heterocycles. The molecule has 4 aromatic rings. The lowest BCUT2D eigenvalue weighted by Gasteiger charge is -2.21. The summed E-state index contributed by atoms with van der Waals surface area (Å²) in [6.45, 7) is 0.770. The Bertz CT molecular complexity index is 1650. The molecule has 13 nitrogen and oxygen atoms in total. The average Bonchev–Trinajstić information content (AvgIpc) is 3.72. The summed E-state index contributed by atoms with van der Waals surface area (Å²) in [6, 6.07) is 10.7. The van der Waals surface area contributed by atoms with E-state index in [1.54, 1.807) is 36.2 Å². The van der Waals surface area contributed by atoms with E-state index < -0.39 is 11.7 Å². The number of carbonyl (C=O) groups is 2. The van der Waals surface area contributed by atoms with Crippen molar-refractivity contribution in [3.63, 3.8) is 0 Å². The third-order valence-electron chi connectivity index (χ3n) is 7.58. The molecular formula is C30H33FN10O3. The molecule has 1 aliphatic rings. The van der Waals surface area contributed by atoms with Crippen LogP contribution in [0.3, 0.4) is 0 Å². The average molecular weight is 601 g/mol. The number of methoxy groups -OCH3 is 1. The van der Waals surface area contributed by atoms with Gasteiger partial charge < -0.3 is 26.0 Å². The maximum Gasteiger partial charge on any atom is 0.345 e. The van der Waals surface area contributed by atoms with Crippen LogP contribution in [0.5, 0.6) is 5.75 Å². The molecule has 1 fully saturated rings. The number of nitrogens with one attached hydrogen (secondary N) is 3. The molecule has 5 N–H and O–H groups in total. The van der Waals surface area contributed by atoms with Crippen LogP contribution in [0.4, 0.5) is 20.8 Å². The van der Waals surface area contributed by atoms with Crippen LogP contribution in [0.1, 0.15) is 46.3 Å². The Hall–Kier alpha value is -5.40. The molecule has 2 amide bonds. The van der Waals surface area contributed by atoms with Gasteiger partial charge in [-0.1, -0.05) is 24.3 Å². The third kappa shape index (κ3) is 6.80. The monoisotopic (exact) mass is 600 g/mol. The number of amides is 2. The smallest absolute Gasteiger partial charge is 0.345 e. The third-order valence-corrected chi connectivity index (χ3v) is 7.58. The number of ether oxygens (including phenoxy) is 1. The minimum atomic E-state index is -0.534. The minimum Gasteiger partial charge on any atom is -0.496 e. The van der Waals surface area contributed by atoms with Crippen LogP contribution < -0.4 is 21.1 Å². The number of nitrogen functional groups attached to an aromatic ring is 1. The molecule has 5 rings (SSSR count). The van der Waals surface area contributed by atoms with Crippen LogP contribution in [0.2, 0.25) is 0 Å². The number of hydrogen-bond acceptors (Lipinski definition) is 10. The van der Waals surface area contributed by atoms with Crippen LogP contribution in [-0.2, 0) is 6.54 Å². The standard InChI is InChI=1S/C30H33FN10O3/c1-40(30(43)41-17-34-15-38-41)14-19-5-9-22(11-19)39-28-25(27(33)36-16-37-28)26(32)20-6-3-18(4-7-20)13-35-29(42)23-12-21(31)8-10-24(23)44-2/h3-4,6-8,10,12,15-17,19,22,32H,5,9,11,13-14H2,1-2H3,(H,35,42)(H3,33,36,37,39). The van der Waals surface area contributed by atoms with Crippen molar-refractivity contribution >= 4 is 29.3 Å². The lowest BCUT2D eigenvalue weighted by Crippen LogP contribution is -2.35. The molecule has 14 heteroatoms. The fraction of sp³-hybridized carbons (Fsp3) is 0.300. The van der Waals surface area contributed by atoms with Gasteiger partial charge in [-0.15, -0.1) is 0 Å². The molecule has 2 aromatic carbocycles. The summed E-state index contributed by atoms with van der Waals surface area (Å²) in [7, 11) is 3.16. The maximum absolute atomic E-state index is 13.7. The summed E-state index contributed by atoms with van der Waals surface area (Å²) >= 11 is 0. The summed E-state index contributed by atoms with van der Waals surface area (Å²) < 4.78 is 20.0. The highest BCUT2D eigenvalue weighted by molar-refractivity contribution is 6.16. The van der Waals surface area contributed by atoms with Gasteiger partial charge in [0.15, 0.2) is 0 Å². The number of aromatic nitrogens is 5. The van der Waals surface area contributed by atoms with Crippen molar-refractivity contribution in [2.24, 2.45) is 5.92 Å². The number of nitrogens with two attached hydrogens (primary N) is 1. The highest BCUT2D eigenvalue weighted by atomic mass is 19.1. The van der Waals surface area contributed by atoms with E-state index in [0.29, 0.717) is 23.5 Å². The van der Waals surface area contributed by atoms with E-state index in [4.69, 9.17) is 15.9 Å². The van der Waals surface area contributed by atoms with E-state index in [0.717, 1.165) is 30.9 Å². The zero-order valence-corrected chi connectivity index (χ0v) is 24.3. The Balaban J connectivity index is 1.20. The number of hydrogen-bond donors (Lipinski definition) is 4. The first kappa shape index (κ1) is 30.1. The van der Waals surface area contributed by atoms with Gasteiger partial charge in [-0.05, 0) is 48.9 Å². The van der Waals surface area contributed by atoms with Crippen molar-refractivity contribution in [1.29, 1.82) is 5.41 Å². The Labute approximate surface area is 253 Å². The van der Waals surface area contributed by atoms with Gasteiger partial charge in [0.2, 0.25) is 0 Å². The summed E-state index contributed by atoms with van der Waals surface area (Å²) in [5.41, 5.74) is 8.26. The van der Waals surface area contributed by atoms with Gasteiger partial charge in [-0.2, -0.15) is 9.78 Å². The van der Waals surface area contributed by atoms with Gasteiger partial charge in [0, 0.05) is 31.7 Å². The summed E-state index contributed by atoms with van der Waals surface area (Å²) in [4.78, 5) is 39.1. The highest BCUT2D eigenvalue weighted by Gasteiger charge is 2.29. The first-order valence-corrected chi connectivity index (χ1v) is 14.0. The number of carbonyl (C=O) groups excluding carboxylic acids is 2. The molecule has 228 valence electrons. The molecule has 0 aliphatic heterocycles. The van der Waals surface area contributed by atoms with Crippen molar-refractivity contribution in [2.45, 2.75) is 31.8 Å². The van der Waals surface area contributed by atoms with E-state index >= 15 is 0 Å². The molecule has 0 bridgehead atoms. The van der Waals surface area contributed by atoms with E-state index in [1.165, 1.54) is 42.9 Å². The van der Waals surface area contributed by atoms with Gasteiger partial charge in [-0.3, -0.25) is 10.2 Å². The van der Waals surface area contributed by atoms with Crippen molar-refractivity contribution in [2.75, 3.05) is 31.8 Å². The number of halogens is 1. The largest absolute Gasteiger partial charge is 0.496 e. The second-order valence-electron chi connectivity index (χ2n) is 10.6. The highest BCUT2D eigenvalue weighted by Crippen LogP contribution is 2.31. The quantitative estimate of drug-likeness (QED) is 0.199. The van der Waals surface area contributed by atoms with E-state index in [1.807, 2.05) is 0 Å². The second-order valence-corrected chi connectivity index (χ2v) is 10.6. The molecule has 0 saturated heterocycles. The van der Waals surface area contributed by atoms with E-state index in [9.17, 15) is 14.0 Å². The van der Waals surface area contributed by atoms with Crippen molar-refractivity contribution < 1.29 is 18.7 Å². The summed E-state index contributed by atoms with van der Waals surface area (Å²) in [6.07, 6.45) is 6.68. The Morgan fingerprint density at radius 1 is 1.16 bits per heavy atom. The van der Waals surface area contributed by atoms with Crippen LogP contribution in [0, 0.1) is 17.1 Å². The SMILES string of the molecule is COc1ccc(F)cc1C(=O)NCc1ccc(C(=N)c2c(N)ncnc2NC2CCC(CN(C)C(=O)n3cncn3)C2)cc1. The lowest BCUT2D eigenvalue weighted by molar-refractivity contribution is 0.0947. The van der Waals surface area contributed by atoms with Crippen LogP contribution in [0.15, 0.2) is 61.4 Å². The van der Waals surface area contributed by atoms with Crippen LogP contribution >= 0.6 is 0 Å². The van der Waals surface area contributed by atoms with Gasteiger partial charge >= 0.3 is 6.03 Å². The fourth-order valence-electron chi connectivity index (χ4n) is 5.34. The second kappa shape index (κ2) is 13.3. The zero-order valence-electron chi connectivity index (χ0n) is 24.3. The molecule has 1 aliphatic carbocycles. The summed E-state index contributed by atoms with van der Waals surface area (Å²) in [5.74, 6) is 0.209. The van der Waals surface area contributed by atoms with E-state index in [-0.39, 0.29) is 47.4 Å². The Morgan fingerprint density at radius 2 is 1.95 bits per heavy atom. The molecule has 2 unspecified atom stereocenters. The summed E-state index contributed by atoms with van der Waals surface area (Å²) in [5, 5.41) is 19.0. The normalized spacial score (nSPS) is 15.9. The molecule has 0 radical (unpaired) electrons. The number of rotatable bonds is 10. The first-order chi connectivity index (χ1) is 21.2. The van der Waals surface area contributed by atoms with Gasteiger partial charge in [-0.25, -0.2) is 24.1 Å². The fourth-order valence-corrected chi connectivity index (χ4v) is 5.34. The minimum absolute atomic E-state index is 0.0819. The van der Waals surface area contributed by atoms with Crippen LogP contribution in [-0.4, -0.2) is 74.0 Å². The topological polar surface area (TPSA) is 177 Å². The predicted octanol–water partition coefficient (Wildman–Crippen LogP) is 3.32. The van der Waals surface area contributed by atoms with E-state index in [2.05, 4.69) is 30.7 Å². The van der Waals surface area contributed by atoms with Gasteiger partial charge in [0.25, 0.3) is 5.91 Å². The number of nitrogens with zero attached hydrogens (tertiary/aromatic N) is 6. The molecule has 0 spiro atoms. The zero-order chi connectivity index (χ0) is 31.2. The molecule has 1 saturated carbocycles. The van der Waals surface area contributed by atoms with Crippen molar-refractivity contribution in [3.05, 3.63) is 89.5 Å². The Morgan fingerprint density at radius 3 is 2.68 bits per heavy atom. The van der Waals surface area contributed by atoms with Crippen molar-refractivity contribution in [1.82, 2.24) is 34.9 Å². The predicted molar refractivity (Wildman–Crippen MR) is 161 cm³/mol. The molecule has 2 atom stereocenters. The lowest BCUT2D eigenvalue weighted by atomic mass is 10.0. The van der Waals surface area contributed by atoms with Crippen LogP contribution in [0.25, 0.3) is 0 Å². The molecular weight excluding hydrogens is 567 g/mol. The van der Waals surface area contributed by atoms with Gasteiger partial charge in [0.1, 0.15) is 42.2 Å². The van der Waals surface area contributed by atoms with Gasteiger partial charge in [0.05, 0.1) is 23.9 Å². The van der Waals surface area contributed by atoms with Crippen molar-refractivity contribution in [3.8, 4) is 5.75 Å². The number of benzene rings is 2. The first-order valence-electron chi connectivity index (χ1n) is 14.0. The Kier molecular flexibility index (Phi) is 9.07. The maximum atomic E-state index is 13.7.